The van der Waals surface area contributed by atoms with Crippen LogP contribution in [-0.2, 0) is 26.9 Å². The minimum Gasteiger partial charge on any atom is -0.469 e. The standard InChI is InChI=1S/C22H22F3N3O3S/c1-13-17(11-20(29)26-18(12-21(30)31-3)19-8-5-9-32-19)14(2)28(27-13)16-7-4-6-15(10-16)22(23,24)25/h4-10,18H,11-12H2,1-3H3,(H,26,29). The summed E-state index contributed by atoms with van der Waals surface area (Å²) in [5, 5.41) is 9.04. The number of alkyl halides is 3. The van der Waals surface area contributed by atoms with Gasteiger partial charge in [0.25, 0.3) is 0 Å². The molecule has 0 aliphatic rings. The highest BCUT2D eigenvalue weighted by atomic mass is 32.1. The summed E-state index contributed by atoms with van der Waals surface area (Å²) >= 11 is 1.41. The Kier molecular flexibility index (Phi) is 7.02. The lowest BCUT2D eigenvalue weighted by atomic mass is 10.1. The topological polar surface area (TPSA) is 73.2 Å². The van der Waals surface area contributed by atoms with Gasteiger partial charge in [-0.25, -0.2) is 4.68 Å². The average Bonchev–Trinajstić information content (AvgIpc) is 3.37. The second kappa shape index (κ2) is 9.56. The number of amides is 1. The summed E-state index contributed by atoms with van der Waals surface area (Å²) < 4.78 is 45.4. The average molecular weight is 465 g/mol. The minimum absolute atomic E-state index is 0.00971. The van der Waals surface area contributed by atoms with Crippen LogP contribution in [0.25, 0.3) is 5.69 Å². The molecule has 1 aromatic carbocycles. The van der Waals surface area contributed by atoms with Gasteiger partial charge in [-0.15, -0.1) is 11.3 Å². The van der Waals surface area contributed by atoms with Crippen molar-refractivity contribution in [2.75, 3.05) is 7.11 Å². The van der Waals surface area contributed by atoms with Gasteiger partial charge in [0.05, 0.1) is 42.9 Å². The number of thiophene rings is 1. The molecule has 32 heavy (non-hydrogen) atoms. The molecule has 2 heterocycles. The van der Waals surface area contributed by atoms with Crippen LogP contribution in [0.3, 0.4) is 0 Å². The van der Waals surface area contributed by atoms with E-state index in [-0.39, 0.29) is 24.4 Å². The van der Waals surface area contributed by atoms with E-state index in [2.05, 4.69) is 10.4 Å². The van der Waals surface area contributed by atoms with Gasteiger partial charge in [0, 0.05) is 16.1 Å². The van der Waals surface area contributed by atoms with Crippen LogP contribution in [0.4, 0.5) is 13.2 Å². The Balaban J connectivity index is 1.82. The number of hydrogen-bond acceptors (Lipinski definition) is 5. The lowest BCUT2D eigenvalue weighted by molar-refractivity contribution is -0.141. The molecule has 6 nitrogen and oxygen atoms in total. The number of nitrogens with one attached hydrogen (secondary N) is 1. The number of benzene rings is 1. The predicted molar refractivity (Wildman–Crippen MR) is 114 cm³/mol. The number of carbonyl (C=O) groups is 2. The maximum Gasteiger partial charge on any atom is 0.416 e. The normalized spacial score (nSPS) is 12.4. The van der Waals surface area contributed by atoms with E-state index in [1.807, 2.05) is 17.5 Å². The molecule has 10 heteroatoms. The van der Waals surface area contributed by atoms with E-state index in [4.69, 9.17) is 4.74 Å². The molecule has 3 aromatic rings. The highest BCUT2D eigenvalue weighted by molar-refractivity contribution is 7.10. The Morgan fingerprint density at radius 1 is 1.22 bits per heavy atom. The summed E-state index contributed by atoms with van der Waals surface area (Å²) in [6.07, 6.45) is -4.50. The van der Waals surface area contributed by atoms with E-state index in [1.165, 1.54) is 35.3 Å². The van der Waals surface area contributed by atoms with Crippen molar-refractivity contribution < 1.29 is 27.5 Å². The second-order valence-corrected chi connectivity index (χ2v) is 8.18. The Labute approximate surface area is 187 Å². The highest BCUT2D eigenvalue weighted by Gasteiger charge is 2.31. The van der Waals surface area contributed by atoms with Gasteiger partial charge < -0.3 is 10.1 Å². The van der Waals surface area contributed by atoms with Crippen molar-refractivity contribution in [1.29, 1.82) is 0 Å². The number of rotatable bonds is 7. The molecule has 0 saturated heterocycles. The summed E-state index contributed by atoms with van der Waals surface area (Å²) in [7, 11) is 1.28. The summed E-state index contributed by atoms with van der Waals surface area (Å²) in [6.45, 7) is 3.40. The molecular formula is C22H22F3N3O3S. The zero-order chi connectivity index (χ0) is 23.5. The fraction of sp³-hybridized carbons (Fsp3) is 0.318. The first-order chi connectivity index (χ1) is 15.1. The fourth-order valence-corrected chi connectivity index (χ4v) is 4.14. The van der Waals surface area contributed by atoms with E-state index >= 15 is 0 Å². The first-order valence-electron chi connectivity index (χ1n) is 9.72. The summed E-state index contributed by atoms with van der Waals surface area (Å²) in [6, 6.07) is 7.97. The van der Waals surface area contributed by atoms with Crippen LogP contribution in [0, 0.1) is 13.8 Å². The Morgan fingerprint density at radius 2 is 1.97 bits per heavy atom. The van der Waals surface area contributed by atoms with Gasteiger partial charge in [-0.2, -0.15) is 18.3 Å². The van der Waals surface area contributed by atoms with E-state index < -0.39 is 23.8 Å². The van der Waals surface area contributed by atoms with Crippen molar-refractivity contribution in [2.24, 2.45) is 0 Å². The summed E-state index contributed by atoms with van der Waals surface area (Å²) in [4.78, 5) is 25.4. The molecule has 1 unspecified atom stereocenters. The van der Waals surface area contributed by atoms with E-state index in [9.17, 15) is 22.8 Å². The number of hydrogen-bond donors (Lipinski definition) is 1. The number of methoxy groups -OCH3 is 1. The summed E-state index contributed by atoms with van der Waals surface area (Å²) in [5.74, 6) is -0.782. The third-order valence-electron chi connectivity index (χ3n) is 5.02. The highest BCUT2D eigenvalue weighted by Crippen LogP contribution is 2.31. The van der Waals surface area contributed by atoms with E-state index in [0.717, 1.165) is 17.0 Å². The van der Waals surface area contributed by atoms with Gasteiger partial charge in [-0.1, -0.05) is 12.1 Å². The molecule has 1 atom stereocenters. The molecule has 0 aliphatic heterocycles. The van der Waals surface area contributed by atoms with Gasteiger partial charge in [0.2, 0.25) is 5.91 Å². The monoisotopic (exact) mass is 465 g/mol. The van der Waals surface area contributed by atoms with E-state index in [1.54, 1.807) is 13.8 Å². The van der Waals surface area contributed by atoms with Crippen molar-refractivity contribution >= 4 is 23.2 Å². The molecular weight excluding hydrogens is 443 g/mol. The molecule has 3 rings (SSSR count). The van der Waals surface area contributed by atoms with Gasteiger partial charge in [-0.05, 0) is 43.5 Å². The van der Waals surface area contributed by atoms with Crippen molar-refractivity contribution in [3.8, 4) is 5.69 Å². The third-order valence-corrected chi connectivity index (χ3v) is 6.00. The molecule has 170 valence electrons. The van der Waals surface area contributed by atoms with Crippen molar-refractivity contribution in [1.82, 2.24) is 15.1 Å². The second-order valence-electron chi connectivity index (χ2n) is 7.20. The number of aromatic nitrogens is 2. The Morgan fingerprint density at radius 3 is 2.59 bits per heavy atom. The van der Waals surface area contributed by atoms with E-state index in [0.29, 0.717) is 17.0 Å². The lowest BCUT2D eigenvalue weighted by Gasteiger charge is -2.16. The van der Waals surface area contributed by atoms with Crippen LogP contribution in [0.2, 0.25) is 0 Å². The Bertz CT molecular complexity index is 1110. The van der Waals surface area contributed by atoms with Gasteiger partial charge >= 0.3 is 12.1 Å². The van der Waals surface area contributed by atoms with Crippen molar-refractivity contribution in [2.45, 2.75) is 38.9 Å². The van der Waals surface area contributed by atoms with Crippen LogP contribution < -0.4 is 5.32 Å². The number of esters is 1. The van der Waals surface area contributed by atoms with Gasteiger partial charge in [0.1, 0.15) is 0 Å². The van der Waals surface area contributed by atoms with Crippen LogP contribution in [0.15, 0.2) is 41.8 Å². The number of aryl methyl sites for hydroxylation is 1. The molecule has 1 amide bonds. The zero-order valence-corrected chi connectivity index (χ0v) is 18.5. The quantitative estimate of drug-likeness (QED) is 0.521. The zero-order valence-electron chi connectivity index (χ0n) is 17.7. The molecule has 0 fully saturated rings. The third kappa shape index (κ3) is 5.37. The largest absolute Gasteiger partial charge is 0.469 e. The van der Waals surface area contributed by atoms with Crippen molar-refractivity contribution in [3.63, 3.8) is 0 Å². The minimum atomic E-state index is -4.47. The lowest BCUT2D eigenvalue weighted by Crippen LogP contribution is -2.31. The van der Waals surface area contributed by atoms with Gasteiger partial charge in [-0.3, -0.25) is 9.59 Å². The summed E-state index contributed by atoms with van der Waals surface area (Å²) in [5.41, 5.74) is 1.20. The maximum absolute atomic E-state index is 13.1. The van der Waals surface area contributed by atoms with Gasteiger partial charge in [0.15, 0.2) is 0 Å². The smallest absolute Gasteiger partial charge is 0.416 e. The molecule has 0 aliphatic carbocycles. The molecule has 0 saturated carbocycles. The maximum atomic E-state index is 13.1. The molecule has 2 aromatic heterocycles. The first kappa shape index (κ1) is 23.5. The predicted octanol–water partition coefficient (Wildman–Crippen LogP) is 4.53. The number of nitrogens with zero attached hydrogens (tertiary/aromatic N) is 2. The number of carbonyl (C=O) groups excluding carboxylic acids is 2. The fourth-order valence-electron chi connectivity index (χ4n) is 3.36. The van der Waals surface area contributed by atoms with Crippen LogP contribution in [-0.4, -0.2) is 28.8 Å². The molecule has 0 radical (unpaired) electrons. The van der Waals surface area contributed by atoms with Crippen LogP contribution in [0.1, 0.15) is 39.9 Å². The first-order valence-corrected chi connectivity index (χ1v) is 10.6. The molecule has 1 N–H and O–H groups in total. The number of halogens is 3. The van der Waals surface area contributed by atoms with Crippen LogP contribution >= 0.6 is 11.3 Å². The number of ether oxygens (including phenoxy) is 1. The van der Waals surface area contributed by atoms with Crippen molar-refractivity contribution in [3.05, 3.63) is 69.2 Å². The van der Waals surface area contributed by atoms with Crippen LogP contribution in [0.5, 0.6) is 0 Å². The molecule has 0 bridgehead atoms. The molecule has 0 spiro atoms. The SMILES string of the molecule is COC(=O)CC(NC(=O)Cc1c(C)nn(-c2cccc(C(F)(F)F)c2)c1C)c1cccs1. The Hall–Kier alpha value is -3.14.